The lowest BCUT2D eigenvalue weighted by Crippen LogP contribution is -2.45. The SMILES string of the molecule is O=C(O)C1N=C2N=CC(Br)=CN2C2c3ccccc3CC12. The van der Waals surface area contributed by atoms with E-state index < -0.39 is 12.0 Å². The highest BCUT2D eigenvalue weighted by Gasteiger charge is 2.47. The normalized spacial score (nSPS) is 29.2. The number of carbonyl (C=O) groups is 1. The first-order valence-corrected chi connectivity index (χ1v) is 7.52. The van der Waals surface area contributed by atoms with Crippen LogP contribution in [0.4, 0.5) is 0 Å². The molecule has 3 unspecified atom stereocenters. The summed E-state index contributed by atoms with van der Waals surface area (Å²) in [4.78, 5) is 22.2. The third kappa shape index (κ3) is 1.86. The van der Waals surface area contributed by atoms with E-state index in [-0.39, 0.29) is 12.0 Å². The Morgan fingerprint density at radius 2 is 2.19 bits per heavy atom. The Kier molecular flexibility index (Phi) is 2.75. The maximum Gasteiger partial charge on any atom is 0.328 e. The summed E-state index contributed by atoms with van der Waals surface area (Å²) in [6.07, 6.45) is 4.32. The number of aliphatic imine (C=N–C) groups is 2. The Morgan fingerprint density at radius 3 is 3.00 bits per heavy atom. The number of halogens is 1. The molecule has 5 nitrogen and oxygen atoms in total. The van der Waals surface area contributed by atoms with Gasteiger partial charge in [0.25, 0.3) is 0 Å². The third-order valence-corrected chi connectivity index (χ3v) is 4.65. The first-order valence-electron chi connectivity index (χ1n) is 6.73. The number of carboxylic acid groups (broad SMARTS) is 1. The van der Waals surface area contributed by atoms with Gasteiger partial charge in [0.2, 0.25) is 5.96 Å². The lowest BCUT2D eigenvalue weighted by Gasteiger charge is -2.38. The van der Waals surface area contributed by atoms with Crippen molar-refractivity contribution < 1.29 is 9.90 Å². The highest BCUT2D eigenvalue weighted by molar-refractivity contribution is 9.12. The predicted molar refractivity (Wildman–Crippen MR) is 82.6 cm³/mol. The molecule has 0 saturated carbocycles. The molecule has 3 aliphatic rings. The fraction of sp³-hybridized carbons (Fsp3) is 0.267. The van der Waals surface area contributed by atoms with Crippen molar-refractivity contribution in [2.75, 3.05) is 0 Å². The van der Waals surface area contributed by atoms with Gasteiger partial charge in [-0.15, -0.1) is 0 Å². The molecule has 1 aliphatic carbocycles. The zero-order chi connectivity index (χ0) is 14.6. The number of guanidine groups is 1. The van der Waals surface area contributed by atoms with Crippen LogP contribution in [0.1, 0.15) is 17.2 Å². The Hall–Kier alpha value is -1.95. The molecule has 0 aromatic heterocycles. The smallest absolute Gasteiger partial charge is 0.328 e. The van der Waals surface area contributed by atoms with E-state index in [2.05, 4.69) is 38.0 Å². The standard InChI is InChI=1S/C15H12BrN3O2/c16-9-6-17-15-18-12(14(20)21)11-5-8-3-1-2-4-10(8)13(11)19(15)7-9/h1-4,6-7,11-13H,5H2,(H,20,21). The summed E-state index contributed by atoms with van der Waals surface area (Å²) in [5.74, 6) is -0.467. The molecule has 6 heteroatoms. The first kappa shape index (κ1) is 12.8. The number of fused-ring (bicyclic) bond motifs is 5. The predicted octanol–water partition coefficient (Wildman–Crippen LogP) is 2.35. The van der Waals surface area contributed by atoms with Crippen molar-refractivity contribution in [2.24, 2.45) is 15.9 Å². The molecule has 1 N–H and O–H groups in total. The van der Waals surface area contributed by atoms with Gasteiger partial charge in [0.15, 0.2) is 6.04 Å². The molecule has 0 radical (unpaired) electrons. The largest absolute Gasteiger partial charge is 0.480 e. The van der Waals surface area contributed by atoms with E-state index >= 15 is 0 Å². The third-order valence-electron chi connectivity index (χ3n) is 4.24. The highest BCUT2D eigenvalue weighted by Crippen LogP contribution is 2.46. The fourth-order valence-electron chi connectivity index (χ4n) is 3.42. The molecular weight excluding hydrogens is 334 g/mol. The number of allylic oxidation sites excluding steroid dienone is 1. The summed E-state index contributed by atoms with van der Waals surface area (Å²) in [7, 11) is 0. The number of nitrogens with zero attached hydrogens (tertiary/aromatic N) is 3. The van der Waals surface area contributed by atoms with E-state index in [9.17, 15) is 9.90 Å². The minimum Gasteiger partial charge on any atom is -0.480 e. The fourth-order valence-corrected chi connectivity index (χ4v) is 3.74. The second-order valence-electron chi connectivity index (χ2n) is 5.40. The molecule has 2 aliphatic heterocycles. The topological polar surface area (TPSA) is 65.3 Å². The minimum absolute atomic E-state index is 0.0141. The number of rotatable bonds is 1. The van der Waals surface area contributed by atoms with Crippen LogP contribution in [0, 0.1) is 5.92 Å². The van der Waals surface area contributed by atoms with Crippen molar-refractivity contribution in [3.8, 4) is 0 Å². The molecule has 1 aromatic carbocycles. The summed E-state index contributed by atoms with van der Waals surface area (Å²) < 4.78 is 0.860. The van der Waals surface area contributed by atoms with Crippen LogP contribution in [0.5, 0.6) is 0 Å². The van der Waals surface area contributed by atoms with Crippen LogP contribution in [-0.2, 0) is 11.2 Å². The maximum absolute atomic E-state index is 11.6. The Labute approximate surface area is 129 Å². The molecule has 0 spiro atoms. The quantitative estimate of drug-likeness (QED) is 0.849. The van der Waals surface area contributed by atoms with Gasteiger partial charge in [-0.3, -0.25) is 0 Å². The van der Waals surface area contributed by atoms with Crippen molar-refractivity contribution in [1.29, 1.82) is 0 Å². The Bertz CT molecular complexity index is 725. The van der Waals surface area contributed by atoms with Gasteiger partial charge in [0.1, 0.15) is 0 Å². The van der Waals surface area contributed by atoms with Gasteiger partial charge in [-0.1, -0.05) is 24.3 Å². The van der Waals surface area contributed by atoms with Crippen molar-refractivity contribution >= 4 is 34.1 Å². The van der Waals surface area contributed by atoms with Crippen LogP contribution in [0.3, 0.4) is 0 Å². The lowest BCUT2D eigenvalue weighted by atomic mass is 9.90. The van der Waals surface area contributed by atoms with Crippen molar-refractivity contribution in [3.05, 3.63) is 46.1 Å². The Balaban J connectivity index is 1.88. The lowest BCUT2D eigenvalue weighted by molar-refractivity contribution is -0.140. The van der Waals surface area contributed by atoms with Crippen LogP contribution < -0.4 is 0 Å². The van der Waals surface area contributed by atoms with E-state index in [1.807, 2.05) is 23.2 Å². The van der Waals surface area contributed by atoms with Gasteiger partial charge in [-0.2, -0.15) is 0 Å². The van der Waals surface area contributed by atoms with E-state index in [1.54, 1.807) is 6.21 Å². The van der Waals surface area contributed by atoms with Crippen LogP contribution in [0.2, 0.25) is 0 Å². The molecule has 0 saturated heterocycles. The number of hydrogen-bond donors (Lipinski definition) is 1. The number of hydrogen-bond acceptors (Lipinski definition) is 4. The molecule has 0 bridgehead atoms. The van der Waals surface area contributed by atoms with E-state index in [4.69, 9.17) is 0 Å². The molecule has 0 fully saturated rings. The van der Waals surface area contributed by atoms with Crippen LogP contribution in [0.15, 0.2) is 44.9 Å². The van der Waals surface area contributed by atoms with Crippen LogP contribution in [-0.4, -0.2) is 34.2 Å². The van der Waals surface area contributed by atoms with Gasteiger partial charge in [0, 0.05) is 18.3 Å². The number of carboxylic acids is 1. The zero-order valence-corrected chi connectivity index (χ0v) is 12.6. The summed E-state index contributed by atoms with van der Waals surface area (Å²) in [5, 5.41) is 9.50. The minimum atomic E-state index is -0.881. The molecule has 0 amide bonds. The monoisotopic (exact) mass is 345 g/mol. The number of benzene rings is 1. The van der Waals surface area contributed by atoms with Gasteiger partial charge in [-0.05, 0) is 33.5 Å². The van der Waals surface area contributed by atoms with Crippen LogP contribution >= 0.6 is 15.9 Å². The van der Waals surface area contributed by atoms with Crippen molar-refractivity contribution in [3.63, 3.8) is 0 Å². The maximum atomic E-state index is 11.6. The summed E-state index contributed by atoms with van der Waals surface area (Å²) in [5.41, 5.74) is 2.38. The first-order chi connectivity index (χ1) is 10.1. The van der Waals surface area contributed by atoms with E-state index in [0.29, 0.717) is 5.96 Å². The van der Waals surface area contributed by atoms with E-state index in [0.717, 1.165) is 10.9 Å². The Morgan fingerprint density at radius 1 is 1.38 bits per heavy atom. The second kappa shape index (κ2) is 4.53. The number of aliphatic carboxylic acids is 1. The van der Waals surface area contributed by atoms with Crippen LogP contribution in [0.25, 0.3) is 0 Å². The molecule has 2 heterocycles. The van der Waals surface area contributed by atoms with Gasteiger partial charge in [0.05, 0.1) is 10.5 Å². The van der Waals surface area contributed by atoms with Gasteiger partial charge < -0.3 is 10.0 Å². The molecule has 3 atom stereocenters. The average molecular weight is 346 g/mol. The van der Waals surface area contributed by atoms with Gasteiger partial charge in [-0.25, -0.2) is 14.8 Å². The van der Waals surface area contributed by atoms with Gasteiger partial charge >= 0.3 is 5.97 Å². The summed E-state index contributed by atoms with van der Waals surface area (Å²) >= 11 is 3.43. The van der Waals surface area contributed by atoms with Crippen molar-refractivity contribution in [1.82, 2.24) is 4.90 Å². The molecule has 1 aromatic rings. The molecule has 106 valence electrons. The molecule has 4 rings (SSSR count). The van der Waals surface area contributed by atoms with E-state index in [1.165, 1.54) is 11.1 Å². The highest BCUT2D eigenvalue weighted by atomic mass is 79.9. The summed E-state index contributed by atoms with van der Waals surface area (Å²) in [6.45, 7) is 0. The molecule has 21 heavy (non-hydrogen) atoms. The van der Waals surface area contributed by atoms with Crippen molar-refractivity contribution in [2.45, 2.75) is 18.5 Å². The zero-order valence-electron chi connectivity index (χ0n) is 11.0. The summed E-state index contributed by atoms with van der Waals surface area (Å²) in [6, 6.07) is 7.37. The average Bonchev–Trinajstić information content (AvgIpc) is 2.85. The molecular formula is C15H12BrN3O2. The second-order valence-corrected chi connectivity index (χ2v) is 6.32.